The molecule has 0 aliphatic heterocycles. The Morgan fingerprint density at radius 3 is 2.62 bits per heavy atom. The monoisotopic (exact) mass is 295 g/mol. The van der Waals surface area contributed by atoms with Gasteiger partial charge >= 0.3 is 0 Å². The summed E-state index contributed by atoms with van der Waals surface area (Å²) in [5.41, 5.74) is 0. The minimum atomic E-state index is 0.0844. The fourth-order valence-electron chi connectivity index (χ4n) is 2.66. The molecular formula is C16H29N3O2. The molecule has 0 aliphatic carbocycles. The summed E-state index contributed by atoms with van der Waals surface area (Å²) in [5.74, 6) is 0.461. The van der Waals surface area contributed by atoms with Crippen LogP contribution in [0.1, 0.15) is 58.4 Å². The highest BCUT2D eigenvalue weighted by Crippen LogP contribution is 2.18. The molecule has 2 unspecified atom stereocenters. The minimum absolute atomic E-state index is 0.0844. The molecule has 1 aromatic heterocycles. The lowest BCUT2D eigenvalue weighted by atomic mass is 10.00. The molecule has 1 rings (SSSR count). The molecule has 0 radical (unpaired) electrons. The Hall–Kier alpha value is -1.36. The standard InChI is InChI=1S/C16H29N3O2/c1-3-5-14(7-10-20)12-18-16(21)11-15(6-4-2)19-9-8-17-13-19/h8-9,13-15,20H,3-7,10-12H2,1-2H3,(H,18,21). The summed E-state index contributed by atoms with van der Waals surface area (Å²) in [6, 6.07) is 0.181. The molecule has 0 fully saturated rings. The van der Waals surface area contributed by atoms with Gasteiger partial charge in [-0.25, -0.2) is 4.98 Å². The Morgan fingerprint density at radius 2 is 2.05 bits per heavy atom. The van der Waals surface area contributed by atoms with Gasteiger partial charge in [0.25, 0.3) is 0 Å². The highest BCUT2D eigenvalue weighted by molar-refractivity contribution is 5.76. The van der Waals surface area contributed by atoms with Crippen LogP contribution in [-0.2, 0) is 4.79 Å². The summed E-state index contributed by atoms with van der Waals surface area (Å²) >= 11 is 0. The van der Waals surface area contributed by atoms with Gasteiger partial charge in [-0.05, 0) is 25.2 Å². The Kier molecular flexibility index (Phi) is 8.74. The van der Waals surface area contributed by atoms with Crippen LogP contribution in [0.15, 0.2) is 18.7 Å². The second-order valence-electron chi connectivity index (χ2n) is 5.63. The first-order valence-corrected chi connectivity index (χ1v) is 8.06. The largest absolute Gasteiger partial charge is 0.396 e. The maximum Gasteiger partial charge on any atom is 0.222 e. The molecule has 5 heteroatoms. The lowest BCUT2D eigenvalue weighted by molar-refractivity contribution is -0.122. The molecule has 0 aromatic carbocycles. The van der Waals surface area contributed by atoms with E-state index in [-0.39, 0.29) is 18.6 Å². The second-order valence-corrected chi connectivity index (χ2v) is 5.63. The SMILES string of the molecule is CCCC(CCO)CNC(=O)CC(CCC)n1ccnc1. The molecule has 2 N–H and O–H groups in total. The topological polar surface area (TPSA) is 67.2 Å². The number of imidazole rings is 1. The summed E-state index contributed by atoms with van der Waals surface area (Å²) < 4.78 is 2.01. The van der Waals surface area contributed by atoms with Crippen molar-refractivity contribution in [1.82, 2.24) is 14.9 Å². The van der Waals surface area contributed by atoms with E-state index in [1.807, 2.05) is 10.8 Å². The molecule has 1 heterocycles. The third kappa shape index (κ3) is 6.76. The first-order valence-electron chi connectivity index (χ1n) is 8.06. The number of aliphatic hydroxyl groups excluding tert-OH is 1. The van der Waals surface area contributed by atoms with Crippen molar-refractivity contribution >= 4 is 5.91 Å². The van der Waals surface area contributed by atoms with E-state index < -0.39 is 0 Å². The molecule has 0 saturated carbocycles. The normalized spacial score (nSPS) is 13.9. The highest BCUT2D eigenvalue weighted by Gasteiger charge is 2.15. The van der Waals surface area contributed by atoms with E-state index in [1.54, 1.807) is 12.5 Å². The van der Waals surface area contributed by atoms with Crippen molar-refractivity contribution < 1.29 is 9.90 Å². The van der Waals surface area contributed by atoms with Crippen LogP contribution in [0.25, 0.3) is 0 Å². The zero-order chi connectivity index (χ0) is 15.5. The molecule has 1 aromatic rings. The molecule has 0 saturated heterocycles. The quantitative estimate of drug-likeness (QED) is 0.659. The van der Waals surface area contributed by atoms with Crippen LogP contribution < -0.4 is 5.32 Å². The predicted molar refractivity (Wildman–Crippen MR) is 83.9 cm³/mol. The van der Waals surface area contributed by atoms with Gasteiger partial charge in [-0.3, -0.25) is 4.79 Å². The van der Waals surface area contributed by atoms with Crippen LogP contribution in [0, 0.1) is 5.92 Å². The number of hydrogen-bond acceptors (Lipinski definition) is 3. The van der Waals surface area contributed by atoms with E-state index in [1.165, 1.54) is 0 Å². The van der Waals surface area contributed by atoms with Gasteiger partial charge in [0, 0.05) is 38.0 Å². The lowest BCUT2D eigenvalue weighted by Gasteiger charge is -2.19. The van der Waals surface area contributed by atoms with Gasteiger partial charge in [-0.2, -0.15) is 0 Å². The first kappa shape index (κ1) is 17.7. The van der Waals surface area contributed by atoms with Crippen LogP contribution in [0.3, 0.4) is 0 Å². The van der Waals surface area contributed by atoms with Crippen LogP contribution in [-0.4, -0.2) is 33.7 Å². The van der Waals surface area contributed by atoms with Gasteiger partial charge in [0.1, 0.15) is 0 Å². The number of amides is 1. The van der Waals surface area contributed by atoms with E-state index in [9.17, 15) is 4.79 Å². The molecule has 1 amide bonds. The van der Waals surface area contributed by atoms with E-state index in [2.05, 4.69) is 24.1 Å². The number of aliphatic hydroxyl groups is 1. The molecular weight excluding hydrogens is 266 g/mol. The predicted octanol–water partition coefficient (Wildman–Crippen LogP) is 2.53. The van der Waals surface area contributed by atoms with Crippen molar-refractivity contribution in [2.24, 2.45) is 5.92 Å². The van der Waals surface area contributed by atoms with Gasteiger partial charge in [0.15, 0.2) is 0 Å². The number of carbonyl (C=O) groups is 1. The third-order valence-electron chi connectivity index (χ3n) is 3.81. The molecule has 5 nitrogen and oxygen atoms in total. The highest BCUT2D eigenvalue weighted by atomic mass is 16.3. The van der Waals surface area contributed by atoms with E-state index in [0.29, 0.717) is 18.9 Å². The third-order valence-corrected chi connectivity index (χ3v) is 3.81. The number of aromatic nitrogens is 2. The Balaban J connectivity index is 2.43. The Morgan fingerprint density at radius 1 is 1.29 bits per heavy atom. The summed E-state index contributed by atoms with van der Waals surface area (Å²) in [5, 5.41) is 12.1. The molecule has 0 spiro atoms. The Bertz CT molecular complexity index is 373. The van der Waals surface area contributed by atoms with Gasteiger partial charge in [0.05, 0.1) is 6.33 Å². The van der Waals surface area contributed by atoms with Crippen LogP contribution >= 0.6 is 0 Å². The van der Waals surface area contributed by atoms with Crippen molar-refractivity contribution in [1.29, 1.82) is 0 Å². The van der Waals surface area contributed by atoms with Gasteiger partial charge in [0.2, 0.25) is 5.91 Å². The molecule has 21 heavy (non-hydrogen) atoms. The van der Waals surface area contributed by atoms with Crippen LogP contribution in [0.5, 0.6) is 0 Å². The number of nitrogens with zero attached hydrogens (tertiary/aromatic N) is 2. The van der Waals surface area contributed by atoms with Gasteiger partial charge in [-0.1, -0.05) is 26.7 Å². The van der Waals surface area contributed by atoms with Crippen molar-refractivity contribution in [3.05, 3.63) is 18.7 Å². The fourth-order valence-corrected chi connectivity index (χ4v) is 2.66. The van der Waals surface area contributed by atoms with E-state index >= 15 is 0 Å². The number of carbonyl (C=O) groups excluding carboxylic acids is 1. The van der Waals surface area contributed by atoms with Gasteiger partial charge < -0.3 is 15.0 Å². The smallest absolute Gasteiger partial charge is 0.222 e. The van der Waals surface area contributed by atoms with E-state index in [0.717, 1.165) is 32.1 Å². The maximum atomic E-state index is 12.1. The maximum absolute atomic E-state index is 12.1. The number of nitrogens with one attached hydrogen (secondary N) is 1. The van der Waals surface area contributed by atoms with Gasteiger partial charge in [-0.15, -0.1) is 0 Å². The number of hydrogen-bond donors (Lipinski definition) is 2. The molecule has 0 bridgehead atoms. The average Bonchev–Trinajstić information content (AvgIpc) is 2.99. The minimum Gasteiger partial charge on any atom is -0.396 e. The van der Waals surface area contributed by atoms with Crippen LogP contribution in [0.4, 0.5) is 0 Å². The fraction of sp³-hybridized carbons (Fsp3) is 0.750. The zero-order valence-electron chi connectivity index (χ0n) is 13.3. The molecule has 2 atom stereocenters. The summed E-state index contributed by atoms with van der Waals surface area (Å²) in [6.45, 7) is 5.10. The second kappa shape index (κ2) is 10.4. The molecule has 0 aliphatic rings. The average molecular weight is 295 g/mol. The summed E-state index contributed by atoms with van der Waals surface area (Å²) in [7, 11) is 0. The first-order chi connectivity index (χ1) is 10.2. The Labute approximate surface area is 127 Å². The summed E-state index contributed by atoms with van der Waals surface area (Å²) in [4.78, 5) is 16.2. The molecule has 120 valence electrons. The van der Waals surface area contributed by atoms with E-state index in [4.69, 9.17) is 5.11 Å². The van der Waals surface area contributed by atoms with Crippen LogP contribution in [0.2, 0.25) is 0 Å². The summed E-state index contributed by atoms with van der Waals surface area (Å²) in [6.07, 6.45) is 10.8. The lowest BCUT2D eigenvalue weighted by Crippen LogP contribution is -2.31. The van der Waals surface area contributed by atoms with Crippen molar-refractivity contribution in [2.45, 2.75) is 58.4 Å². The van der Waals surface area contributed by atoms with Crippen molar-refractivity contribution in [3.63, 3.8) is 0 Å². The number of rotatable bonds is 11. The zero-order valence-corrected chi connectivity index (χ0v) is 13.3. The van der Waals surface area contributed by atoms with Crippen molar-refractivity contribution in [3.8, 4) is 0 Å². The van der Waals surface area contributed by atoms with Crippen molar-refractivity contribution in [2.75, 3.05) is 13.2 Å².